The van der Waals surface area contributed by atoms with E-state index in [0.717, 1.165) is 43.6 Å². The van der Waals surface area contributed by atoms with Crippen molar-refractivity contribution in [1.29, 1.82) is 0 Å². The molecule has 2 aliphatic rings. The molecule has 3 rings (SSSR count). The SMILES string of the molecule is NC1(c2ccc(OC3CCCOC3)c(Cl)c2)CC1. The Balaban J connectivity index is 1.72. The Hall–Kier alpha value is -0.770. The van der Waals surface area contributed by atoms with Crippen LogP contribution in [0, 0.1) is 0 Å². The Labute approximate surface area is 112 Å². The Morgan fingerprint density at radius 3 is 2.83 bits per heavy atom. The quantitative estimate of drug-likeness (QED) is 0.916. The second-order valence-corrected chi connectivity index (χ2v) is 5.67. The highest BCUT2D eigenvalue weighted by Crippen LogP contribution is 2.44. The summed E-state index contributed by atoms with van der Waals surface area (Å²) in [6.07, 6.45) is 4.28. The first-order valence-corrected chi connectivity index (χ1v) is 6.88. The summed E-state index contributed by atoms with van der Waals surface area (Å²) in [5.74, 6) is 0.736. The predicted molar refractivity (Wildman–Crippen MR) is 71.0 cm³/mol. The van der Waals surface area contributed by atoms with E-state index in [2.05, 4.69) is 0 Å². The minimum atomic E-state index is -0.143. The zero-order valence-electron chi connectivity index (χ0n) is 10.3. The zero-order valence-corrected chi connectivity index (χ0v) is 11.1. The molecule has 0 amide bonds. The van der Waals surface area contributed by atoms with E-state index in [0.29, 0.717) is 11.6 Å². The molecule has 1 heterocycles. The van der Waals surface area contributed by atoms with Gasteiger partial charge in [0.05, 0.1) is 11.6 Å². The first-order valence-electron chi connectivity index (χ1n) is 6.51. The molecule has 18 heavy (non-hydrogen) atoms. The molecule has 1 aromatic carbocycles. The molecule has 0 aromatic heterocycles. The number of hydrogen-bond donors (Lipinski definition) is 1. The van der Waals surface area contributed by atoms with Crippen LogP contribution in [0.25, 0.3) is 0 Å². The average molecular weight is 268 g/mol. The van der Waals surface area contributed by atoms with Crippen molar-refractivity contribution in [3.8, 4) is 5.75 Å². The van der Waals surface area contributed by atoms with Crippen molar-refractivity contribution >= 4 is 11.6 Å². The molecular formula is C14H18ClNO2. The van der Waals surface area contributed by atoms with Crippen molar-refractivity contribution in [2.45, 2.75) is 37.3 Å². The maximum Gasteiger partial charge on any atom is 0.138 e. The fraction of sp³-hybridized carbons (Fsp3) is 0.571. The Morgan fingerprint density at radius 1 is 1.39 bits per heavy atom. The Bertz CT molecular complexity index is 439. The van der Waals surface area contributed by atoms with E-state index in [4.69, 9.17) is 26.8 Å². The molecule has 0 bridgehead atoms. The Kier molecular flexibility index (Phi) is 3.22. The van der Waals surface area contributed by atoms with Crippen LogP contribution >= 0.6 is 11.6 Å². The van der Waals surface area contributed by atoms with Gasteiger partial charge in [-0.1, -0.05) is 17.7 Å². The van der Waals surface area contributed by atoms with Crippen molar-refractivity contribution in [2.75, 3.05) is 13.2 Å². The van der Waals surface area contributed by atoms with Gasteiger partial charge in [-0.15, -0.1) is 0 Å². The maximum absolute atomic E-state index is 6.26. The van der Waals surface area contributed by atoms with E-state index in [1.165, 1.54) is 0 Å². The third-order valence-corrected chi connectivity index (χ3v) is 4.00. The summed E-state index contributed by atoms with van der Waals surface area (Å²) in [4.78, 5) is 0. The lowest BCUT2D eigenvalue weighted by Gasteiger charge is -2.24. The zero-order chi connectivity index (χ0) is 12.6. The molecule has 1 aliphatic carbocycles. The molecule has 1 atom stereocenters. The second-order valence-electron chi connectivity index (χ2n) is 5.26. The summed E-state index contributed by atoms with van der Waals surface area (Å²) in [6, 6.07) is 5.89. The number of halogens is 1. The minimum absolute atomic E-state index is 0.120. The van der Waals surface area contributed by atoms with Crippen LogP contribution in [0.4, 0.5) is 0 Å². The highest BCUT2D eigenvalue weighted by Gasteiger charge is 2.40. The van der Waals surface area contributed by atoms with Crippen molar-refractivity contribution in [3.63, 3.8) is 0 Å². The summed E-state index contributed by atoms with van der Waals surface area (Å²) in [5, 5.41) is 0.648. The standard InChI is InChI=1S/C14H18ClNO2/c15-12-8-10(14(16)5-6-14)3-4-13(12)18-11-2-1-7-17-9-11/h3-4,8,11H,1-2,5-7,9,16H2. The van der Waals surface area contributed by atoms with Crippen molar-refractivity contribution < 1.29 is 9.47 Å². The Morgan fingerprint density at radius 2 is 2.22 bits per heavy atom. The van der Waals surface area contributed by atoms with E-state index in [1.807, 2.05) is 18.2 Å². The van der Waals surface area contributed by atoms with Crippen molar-refractivity contribution in [1.82, 2.24) is 0 Å². The molecular weight excluding hydrogens is 250 g/mol. The lowest BCUT2D eigenvalue weighted by molar-refractivity contribution is 0.00746. The predicted octanol–water partition coefficient (Wildman–Crippen LogP) is 2.85. The van der Waals surface area contributed by atoms with Gasteiger partial charge in [-0.3, -0.25) is 0 Å². The number of benzene rings is 1. The van der Waals surface area contributed by atoms with Crippen LogP contribution < -0.4 is 10.5 Å². The minimum Gasteiger partial charge on any atom is -0.486 e. The first kappa shape index (κ1) is 12.3. The third-order valence-electron chi connectivity index (χ3n) is 3.71. The topological polar surface area (TPSA) is 44.5 Å². The van der Waals surface area contributed by atoms with E-state index in [9.17, 15) is 0 Å². The number of nitrogens with two attached hydrogens (primary N) is 1. The van der Waals surface area contributed by atoms with Gasteiger partial charge in [0.1, 0.15) is 11.9 Å². The first-order chi connectivity index (χ1) is 8.67. The molecule has 1 unspecified atom stereocenters. The van der Waals surface area contributed by atoms with Crippen molar-refractivity contribution in [2.24, 2.45) is 5.73 Å². The normalized spacial score (nSPS) is 25.8. The van der Waals surface area contributed by atoms with Crippen LogP contribution in [0.15, 0.2) is 18.2 Å². The van der Waals surface area contributed by atoms with Crippen LogP contribution in [-0.2, 0) is 10.3 Å². The van der Waals surface area contributed by atoms with Crippen molar-refractivity contribution in [3.05, 3.63) is 28.8 Å². The van der Waals surface area contributed by atoms with Crippen LogP contribution in [0.2, 0.25) is 5.02 Å². The van der Waals surface area contributed by atoms with Gasteiger partial charge >= 0.3 is 0 Å². The molecule has 98 valence electrons. The summed E-state index contributed by atoms with van der Waals surface area (Å²) < 4.78 is 11.3. The summed E-state index contributed by atoms with van der Waals surface area (Å²) in [7, 11) is 0. The van der Waals surface area contributed by atoms with Gasteiger partial charge in [0.25, 0.3) is 0 Å². The van der Waals surface area contributed by atoms with Gasteiger partial charge in [-0.25, -0.2) is 0 Å². The summed E-state index contributed by atoms with van der Waals surface area (Å²) in [5.41, 5.74) is 7.12. The van der Waals surface area contributed by atoms with E-state index >= 15 is 0 Å². The number of hydrogen-bond acceptors (Lipinski definition) is 3. The monoisotopic (exact) mass is 267 g/mol. The van der Waals surface area contributed by atoms with Gasteiger partial charge in [-0.05, 0) is 43.4 Å². The van der Waals surface area contributed by atoms with Gasteiger partial charge in [0.15, 0.2) is 0 Å². The molecule has 4 heteroatoms. The smallest absolute Gasteiger partial charge is 0.138 e. The fourth-order valence-corrected chi connectivity index (χ4v) is 2.54. The molecule has 1 saturated heterocycles. The van der Waals surface area contributed by atoms with Crippen LogP contribution in [0.3, 0.4) is 0 Å². The van der Waals surface area contributed by atoms with Crippen LogP contribution in [-0.4, -0.2) is 19.3 Å². The molecule has 3 nitrogen and oxygen atoms in total. The highest BCUT2D eigenvalue weighted by atomic mass is 35.5. The fourth-order valence-electron chi connectivity index (χ4n) is 2.31. The van der Waals surface area contributed by atoms with Crippen LogP contribution in [0.1, 0.15) is 31.2 Å². The summed E-state index contributed by atoms with van der Waals surface area (Å²) in [6.45, 7) is 1.49. The lowest BCUT2D eigenvalue weighted by Crippen LogP contribution is -2.28. The molecule has 2 N–H and O–H groups in total. The maximum atomic E-state index is 6.26. The van der Waals surface area contributed by atoms with E-state index < -0.39 is 0 Å². The lowest BCUT2D eigenvalue weighted by atomic mass is 10.1. The molecule has 1 aliphatic heterocycles. The van der Waals surface area contributed by atoms with Gasteiger partial charge in [0.2, 0.25) is 0 Å². The van der Waals surface area contributed by atoms with Gasteiger partial charge in [-0.2, -0.15) is 0 Å². The van der Waals surface area contributed by atoms with Gasteiger partial charge < -0.3 is 15.2 Å². The molecule has 0 spiro atoms. The average Bonchev–Trinajstić information content (AvgIpc) is 3.12. The van der Waals surface area contributed by atoms with E-state index in [1.54, 1.807) is 0 Å². The second kappa shape index (κ2) is 4.72. The largest absolute Gasteiger partial charge is 0.486 e. The van der Waals surface area contributed by atoms with E-state index in [-0.39, 0.29) is 11.6 Å². The highest BCUT2D eigenvalue weighted by molar-refractivity contribution is 6.32. The molecule has 1 aromatic rings. The number of ether oxygens (including phenoxy) is 2. The molecule has 2 fully saturated rings. The molecule has 0 radical (unpaired) electrons. The summed E-state index contributed by atoms with van der Waals surface area (Å²) >= 11 is 6.26. The molecule has 1 saturated carbocycles. The van der Waals surface area contributed by atoms with Gasteiger partial charge in [0, 0.05) is 12.1 Å². The number of rotatable bonds is 3. The van der Waals surface area contributed by atoms with Crippen LogP contribution in [0.5, 0.6) is 5.75 Å². The third kappa shape index (κ3) is 2.48.